The molecule has 1 amide bonds. The zero-order valence-electron chi connectivity index (χ0n) is 12.5. The number of hydrogen-bond acceptors (Lipinski definition) is 4. The maximum Gasteiger partial charge on any atom is 0.303 e. The largest absolute Gasteiger partial charge is 0.497 e. The van der Waals surface area contributed by atoms with Gasteiger partial charge in [0.25, 0.3) is 0 Å². The van der Waals surface area contributed by atoms with Crippen LogP contribution in [-0.4, -0.2) is 35.9 Å². The summed E-state index contributed by atoms with van der Waals surface area (Å²) in [5, 5.41) is 11.2. The third-order valence-corrected chi connectivity index (χ3v) is 4.00. The van der Waals surface area contributed by atoms with Crippen LogP contribution in [0.2, 0.25) is 0 Å². The number of amides is 1. The van der Waals surface area contributed by atoms with Gasteiger partial charge in [-0.15, -0.1) is 11.8 Å². The third kappa shape index (κ3) is 6.53. The van der Waals surface area contributed by atoms with Crippen molar-refractivity contribution in [3.05, 3.63) is 24.3 Å². The molecule has 0 saturated heterocycles. The highest BCUT2D eigenvalue weighted by molar-refractivity contribution is 8.00. The number of benzene rings is 1. The van der Waals surface area contributed by atoms with Crippen molar-refractivity contribution >= 4 is 23.6 Å². The highest BCUT2D eigenvalue weighted by atomic mass is 32.2. The van der Waals surface area contributed by atoms with E-state index in [0.29, 0.717) is 6.54 Å². The lowest BCUT2D eigenvalue weighted by molar-refractivity contribution is -0.138. The van der Waals surface area contributed by atoms with Gasteiger partial charge in [-0.1, -0.05) is 6.92 Å². The Morgan fingerprint density at radius 3 is 2.43 bits per heavy atom. The molecule has 0 spiro atoms. The molecule has 0 aliphatic carbocycles. The quantitative estimate of drug-likeness (QED) is 0.721. The normalized spacial score (nSPS) is 13.3. The number of methoxy groups -OCH3 is 1. The number of ether oxygens (including phenoxy) is 1. The van der Waals surface area contributed by atoms with Crippen LogP contribution in [0, 0.1) is 5.92 Å². The minimum absolute atomic E-state index is 0.0558. The number of rotatable bonds is 8. The highest BCUT2D eigenvalue weighted by Gasteiger charge is 2.16. The number of nitrogens with one attached hydrogen (secondary N) is 1. The van der Waals surface area contributed by atoms with Gasteiger partial charge in [0.15, 0.2) is 0 Å². The van der Waals surface area contributed by atoms with E-state index < -0.39 is 5.97 Å². The Morgan fingerprint density at radius 1 is 1.29 bits per heavy atom. The first-order chi connectivity index (χ1) is 9.92. The van der Waals surface area contributed by atoms with Crippen molar-refractivity contribution in [2.24, 2.45) is 5.92 Å². The first-order valence-corrected chi connectivity index (χ1v) is 7.60. The van der Waals surface area contributed by atoms with Crippen LogP contribution in [0.25, 0.3) is 0 Å². The average molecular weight is 311 g/mol. The highest BCUT2D eigenvalue weighted by Crippen LogP contribution is 2.25. The van der Waals surface area contributed by atoms with Crippen LogP contribution in [0.3, 0.4) is 0 Å². The van der Waals surface area contributed by atoms with Crippen LogP contribution in [0.4, 0.5) is 0 Å². The van der Waals surface area contributed by atoms with Crippen LogP contribution >= 0.6 is 11.8 Å². The van der Waals surface area contributed by atoms with Gasteiger partial charge in [0.1, 0.15) is 5.75 Å². The fourth-order valence-electron chi connectivity index (χ4n) is 1.70. The van der Waals surface area contributed by atoms with Gasteiger partial charge < -0.3 is 15.2 Å². The molecule has 1 aromatic rings. The smallest absolute Gasteiger partial charge is 0.303 e. The molecular weight excluding hydrogens is 290 g/mol. The minimum Gasteiger partial charge on any atom is -0.497 e. The molecule has 6 heteroatoms. The van der Waals surface area contributed by atoms with E-state index in [2.05, 4.69) is 5.32 Å². The molecule has 2 unspecified atom stereocenters. The molecule has 0 aromatic heterocycles. The molecule has 21 heavy (non-hydrogen) atoms. The second-order valence-corrected chi connectivity index (χ2v) is 6.30. The summed E-state index contributed by atoms with van der Waals surface area (Å²) in [6, 6.07) is 7.50. The van der Waals surface area contributed by atoms with Crippen LogP contribution in [0.15, 0.2) is 29.2 Å². The lowest BCUT2D eigenvalue weighted by atomic mass is 10.1. The van der Waals surface area contributed by atoms with Crippen molar-refractivity contribution < 1.29 is 19.4 Å². The maximum atomic E-state index is 12.0. The number of thioether (sulfide) groups is 1. The molecule has 1 rings (SSSR count). The van der Waals surface area contributed by atoms with Gasteiger partial charge in [0.2, 0.25) is 5.91 Å². The number of carboxylic acid groups (broad SMARTS) is 1. The third-order valence-electron chi connectivity index (χ3n) is 2.89. The van der Waals surface area contributed by atoms with Crippen LogP contribution in [0.5, 0.6) is 5.75 Å². The van der Waals surface area contributed by atoms with Crippen molar-refractivity contribution in [1.82, 2.24) is 5.32 Å². The summed E-state index contributed by atoms with van der Waals surface area (Å²) < 4.78 is 5.08. The van der Waals surface area contributed by atoms with Crippen LogP contribution in [-0.2, 0) is 9.59 Å². The Hall–Kier alpha value is -1.69. The Labute approximate surface area is 129 Å². The molecule has 116 valence electrons. The predicted molar refractivity (Wildman–Crippen MR) is 82.7 cm³/mol. The van der Waals surface area contributed by atoms with Gasteiger partial charge in [0, 0.05) is 17.9 Å². The molecule has 0 fully saturated rings. The molecule has 2 atom stereocenters. The van der Waals surface area contributed by atoms with E-state index in [1.807, 2.05) is 31.2 Å². The fourth-order valence-corrected chi connectivity index (χ4v) is 2.59. The number of carbonyl (C=O) groups is 2. The lowest BCUT2D eigenvalue weighted by Gasteiger charge is -2.14. The molecule has 0 aliphatic heterocycles. The standard InChI is InChI=1S/C15H21NO4S/c1-10(8-14(17)18)9-16-15(19)11(2)21-13-6-4-12(20-3)5-7-13/h4-7,10-11H,8-9H2,1-3H3,(H,16,19)(H,17,18). The van der Waals surface area contributed by atoms with Gasteiger partial charge >= 0.3 is 5.97 Å². The topological polar surface area (TPSA) is 75.6 Å². The van der Waals surface area contributed by atoms with Crippen molar-refractivity contribution in [3.63, 3.8) is 0 Å². The molecule has 5 nitrogen and oxygen atoms in total. The van der Waals surface area contributed by atoms with Crippen LogP contribution in [0.1, 0.15) is 20.3 Å². The summed E-state index contributed by atoms with van der Waals surface area (Å²) in [5.41, 5.74) is 0. The summed E-state index contributed by atoms with van der Waals surface area (Å²) in [5.74, 6) is -0.242. The second-order valence-electron chi connectivity index (χ2n) is 4.88. The maximum absolute atomic E-state index is 12.0. The molecular formula is C15H21NO4S. The van der Waals surface area contributed by atoms with Gasteiger partial charge in [-0.05, 0) is 37.1 Å². The van der Waals surface area contributed by atoms with E-state index in [1.165, 1.54) is 11.8 Å². The molecule has 0 heterocycles. The van der Waals surface area contributed by atoms with Crippen molar-refractivity contribution in [2.45, 2.75) is 30.4 Å². The number of hydrogen-bond donors (Lipinski definition) is 2. The van der Waals surface area contributed by atoms with Gasteiger partial charge in [-0.25, -0.2) is 0 Å². The number of carbonyl (C=O) groups excluding carboxylic acids is 1. The molecule has 0 bridgehead atoms. The van der Waals surface area contributed by atoms with Crippen molar-refractivity contribution in [1.29, 1.82) is 0 Å². The van der Waals surface area contributed by atoms with E-state index in [9.17, 15) is 9.59 Å². The summed E-state index contributed by atoms with van der Waals surface area (Å²) in [6.07, 6.45) is 0.0558. The van der Waals surface area contributed by atoms with E-state index in [1.54, 1.807) is 14.0 Å². The zero-order valence-corrected chi connectivity index (χ0v) is 13.3. The molecule has 2 N–H and O–H groups in total. The van der Waals surface area contributed by atoms with Crippen molar-refractivity contribution in [3.8, 4) is 5.75 Å². The Bertz CT molecular complexity index is 475. The summed E-state index contributed by atoms with van der Waals surface area (Å²) >= 11 is 1.45. The average Bonchev–Trinajstić information content (AvgIpc) is 2.44. The molecule has 0 radical (unpaired) electrons. The first-order valence-electron chi connectivity index (χ1n) is 6.72. The molecule has 0 saturated carbocycles. The monoisotopic (exact) mass is 311 g/mol. The van der Waals surface area contributed by atoms with E-state index in [-0.39, 0.29) is 23.5 Å². The van der Waals surface area contributed by atoms with Gasteiger partial charge in [-0.2, -0.15) is 0 Å². The summed E-state index contributed by atoms with van der Waals surface area (Å²) in [4.78, 5) is 23.5. The predicted octanol–water partition coefficient (Wildman–Crippen LogP) is 2.40. The zero-order chi connectivity index (χ0) is 15.8. The number of aliphatic carboxylic acids is 1. The van der Waals surface area contributed by atoms with Gasteiger partial charge in [0.05, 0.1) is 12.4 Å². The Kier molecular flexibility index (Phi) is 7.08. The summed E-state index contributed by atoms with van der Waals surface area (Å²) in [7, 11) is 1.61. The Balaban J connectivity index is 2.41. The SMILES string of the molecule is COc1ccc(SC(C)C(=O)NCC(C)CC(=O)O)cc1. The minimum atomic E-state index is -0.850. The van der Waals surface area contributed by atoms with Crippen LogP contribution < -0.4 is 10.1 Å². The first kappa shape index (κ1) is 17.4. The second kappa shape index (κ2) is 8.56. The Morgan fingerprint density at radius 2 is 1.90 bits per heavy atom. The van der Waals surface area contributed by atoms with E-state index >= 15 is 0 Å². The molecule has 1 aromatic carbocycles. The van der Waals surface area contributed by atoms with E-state index in [4.69, 9.17) is 9.84 Å². The van der Waals surface area contributed by atoms with Crippen molar-refractivity contribution in [2.75, 3.05) is 13.7 Å². The summed E-state index contributed by atoms with van der Waals surface area (Å²) in [6.45, 7) is 4.00. The lowest BCUT2D eigenvalue weighted by Crippen LogP contribution is -2.34. The van der Waals surface area contributed by atoms with E-state index in [0.717, 1.165) is 10.6 Å². The van der Waals surface area contributed by atoms with Gasteiger partial charge in [-0.3, -0.25) is 9.59 Å². The fraction of sp³-hybridized carbons (Fsp3) is 0.467. The number of carboxylic acids is 1. The molecule has 0 aliphatic rings.